The zero-order chi connectivity index (χ0) is 14.5. The number of nitrogens with zero attached hydrogens (tertiary/aromatic N) is 1. The van der Waals surface area contributed by atoms with Gasteiger partial charge in [0.1, 0.15) is 5.75 Å². The summed E-state index contributed by atoms with van der Waals surface area (Å²) in [5.74, 6) is 0.0283. The summed E-state index contributed by atoms with van der Waals surface area (Å²) in [5.41, 5.74) is 7.39. The van der Waals surface area contributed by atoms with Crippen molar-refractivity contribution in [3.63, 3.8) is 0 Å². The molecule has 2 amide bonds. The summed E-state index contributed by atoms with van der Waals surface area (Å²) in [5, 5.41) is 23.1. The largest absolute Gasteiger partial charge is 0.508 e. The van der Waals surface area contributed by atoms with Crippen molar-refractivity contribution in [3.05, 3.63) is 48.0 Å². The summed E-state index contributed by atoms with van der Waals surface area (Å²) < 4.78 is 0. The van der Waals surface area contributed by atoms with Gasteiger partial charge in [-0.3, -0.25) is 0 Å². The van der Waals surface area contributed by atoms with Crippen molar-refractivity contribution >= 4 is 23.1 Å². The zero-order valence-corrected chi connectivity index (χ0v) is 10.4. The molecule has 20 heavy (non-hydrogen) atoms. The van der Waals surface area contributed by atoms with E-state index in [4.69, 9.17) is 11.0 Å². The number of carbonyl (C=O) groups excluding carboxylic acids is 1. The summed E-state index contributed by atoms with van der Waals surface area (Å²) in [7, 11) is 0. The Kier molecular flexibility index (Phi) is 3.72. The number of phenols is 1. The summed E-state index contributed by atoms with van der Waals surface area (Å²) >= 11 is 0. The number of amides is 2. The molecule has 2 rings (SSSR count). The standard InChI is InChI=1S/C14H12N4O2/c15-8-9-1-3-10(4-2-9)17-14(20)18-13-6-5-11(19)7-12(13)16/h1-7,19H,16H2,(H2,17,18,20). The summed E-state index contributed by atoms with van der Waals surface area (Å²) in [6.45, 7) is 0. The van der Waals surface area contributed by atoms with Gasteiger partial charge in [-0.05, 0) is 36.4 Å². The van der Waals surface area contributed by atoms with E-state index in [0.717, 1.165) is 0 Å². The van der Waals surface area contributed by atoms with Crippen molar-refractivity contribution in [3.8, 4) is 11.8 Å². The molecule has 0 aromatic heterocycles. The lowest BCUT2D eigenvalue weighted by atomic mass is 10.2. The van der Waals surface area contributed by atoms with Crippen LogP contribution in [0.1, 0.15) is 5.56 Å². The van der Waals surface area contributed by atoms with E-state index in [2.05, 4.69) is 10.6 Å². The average molecular weight is 268 g/mol. The molecule has 0 fully saturated rings. The number of aromatic hydroxyl groups is 1. The quantitative estimate of drug-likeness (QED) is 0.495. The fourth-order valence-corrected chi connectivity index (χ4v) is 1.58. The molecular formula is C14H12N4O2. The summed E-state index contributed by atoms with van der Waals surface area (Å²) in [6.07, 6.45) is 0. The van der Waals surface area contributed by atoms with E-state index in [1.165, 1.54) is 18.2 Å². The van der Waals surface area contributed by atoms with Crippen molar-refractivity contribution in [1.29, 1.82) is 5.26 Å². The smallest absolute Gasteiger partial charge is 0.323 e. The molecule has 5 N–H and O–H groups in total. The van der Waals surface area contributed by atoms with Gasteiger partial charge in [0.2, 0.25) is 0 Å². The summed E-state index contributed by atoms with van der Waals surface area (Å²) in [4.78, 5) is 11.8. The molecule has 100 valence electrons. The number of phenolic OH excluding ortho intramolecular Hbond substituents is 1. The Morgan fingerprint density at radius 2 is 1.85 bits per heavy atom. The molecule has 0 heterocycles. The van der Waals surface area contributed by atoms with Crippen molar-refractivity contribution in [2.75, 3.05) is 16.4 Å². The molecule has 6 nitrogen and oxygen atoms in total. The second-order valence-electron chi connectivity index (χ2n) is 4.04. The van der Waals surface area contributed by atoms with Crippen molar-refractivity contribution in [2.24, 2.45) is 0 Å². The number of hydrogen-bond acceptors (Lipinski definition) is 4. The van der Waals surface area contributed by atoms with Crippen LogP contribution in [0.4, 0.5) is 21.9 Å². The Morgan fingerprint density at radius 3 is 2.45 bits per heavy atom. The number of nitriles is 1. The first-order chi connectivity index (χ1) is 9.58. The van der Waals surface area contributed by atoms with Crippen molar-refractivity contribution in [1.82, 2.24) is 0 Å². The Balaban J connectivity index is 2.03. The van der Waals surface area contributed by atoms with Gasteiger partial charge < -0.3 is 21.5 Å². The van der Waals surface area contributed by atoms with Crippen LogP contribution < -0.4 is 16.4 Å². The highest BCUT2D eigenvalue weighted by atomic mass is 16.3. The Labute approximate surface area is 115 Å². The first-order valence-corrected chi connectivity index (χ1v) is 5.75. The molecule has 0 aliphatic heterocycles. The monoisotopic (exact) mass is 268 g/mol. The predicted octanol–water partition coefficient (Wildman–Crippen LogP) is 2.49. The molecule has 0 spiro atoms. The number of nitrogen functional groups attached to an aromatic ring is 1. The van der Waals surface area contributed by atoms with E-state index in [1.54, 1.807) is 24.3 Å². The Hall–Kier alpha value is -3.20. The molecule has 2 aromatic rings. The van der Waals surface area contributed by atoms with Crippen molar-refractivity contribution < 1.29 is 9.90 Å². The molecule has 0 saturated carbocycles. The highest BCUT2D eigenvalue weighted by molar-refractivity contribution is 6.01. The van der Waals surface area contributed by atoms with Gasteiger partial charge in [-0.1, -0.05) is 0 Å². The molecule has 0 unspecified atom stereocenters. The molecule has 0 atom stereocenters. The van der Waals surface area contributed by atoms with Gasteiger partial charge in [0.05, 0.1) is 23.0 Å². The van der Waals surface area contributed by atoms with Crippen LogP contribution in [0.15, 0.2) is 42.5 Å². The fraction of sp³-hybridized carbons (Fsp3) is 0. The number of benzene rings is 2. The predicted molar refractivity (Wildman–Crippen MR) is 76.3 cm³/mol. The third-order valence-electron chi connectivity index (χ3n) is 2.56. The minimum absolute atomic E-state index is 0.0283. The number of anilines is 3. The highest BCUT2D eigenvalue weighted by Crippen LogP contribution is 2.23. The van der Waals surface area contributed by atoms with Gasteiger partial charge in [-0.2, -0.15) is 5.26 Å². The normalized spacial score (nSPS) is 9.55. The molecule has 0 radical (unpaired) electrons. The van der Waals surface area contributed by atoms with Gasteiger partial charge in [0, 0.05) is 11.8 Å². The van der Waals surface area contributed by atoms with Crippen molar-refractivity contribution in [2.45, 2.75) is 0 Å². The lowest BCUT2D eigenvalue weighted by Gasteiger charge is -2.10. The van der Waals surface area contributed by atoms with E-state index in [-0.39, 0.29) is 11.4 Å². The highest BCUT2D eigenvalue weighted by Gasteiger charge is 2.06. The second kappa shape index (κ2) is 5.63. The zero-order valence-electron chi connectivity index (χ0n) is 10.4. The molecular weight excluding hydrogens is 256 g/mol. The van der Waals surface area contributed by atoms with E-state index in [1.807, 2.05) is 6.07 Å². The first kappa shape index (κ1) is 13.2. The third-order valence-corrected chi connectivity index (χ3v) is 2.56. The Bertz CT molecular complexity index is 675. The number of nitrogens with two attached hydrogens (primary N) is 1. The Morgan fingerprint density at radius 1 is 1.15 bits per heavy atom. The topological polar surface area (TPSA) is 111 Å². The van der Waals surface area contributed by atoms with Crippen LogP contribution in [0.25, 0.3) is 0 Å². The lowest BCUT2D eigenvalue weighted by molar-refractivity contribution is 0.262. The molecule has 0 bridgehead atoms. The number of carbonyl (C=O) groups is 1. The van der Waals surface area contributed by atoms with Gasteiger partial charge >= 0.3 is 6.03 Å². The molecule has 0 aliphatic rings. The maximum absolute atomic E-state index is 11.8. The fourth-order valence-electron chi connectivity index (χ4n) is 1.58. The lowest BCUT2D eigenvalue weighted by Crippen LogP contribution is -2.20. The number of hydrogen-bond donors (Lipinski definition) is 4. The van der Waals surface area contributed by atoms with Crippen LogP contribution in [-0.2, 0) is 0 Å². The number of rotatable bonds is 2. The van der Waals surface area contributed by atoms with E-state index in [9.17, 15) is 9.90 Å². The van der Waals surface area contributed by atoms with E-state index < -0.39 is 6.03 Å². The SMILES string of the molecule is N#Cc1ccc(NC(=O)Nc2ccc(O)cc2N)cc1. The first-order valence-electron chi connectivity index (χ1n) is 5.75. The van der Waals surface area contributed by atoms with Gasteiger partial charge in [-0.15, -0.1) is 0 Å². The minimum Gasteiger partial charge on any atom is -0.508 e. The van der Waals surface area contributed by atoms with E-state index in [0.29, 0.717) is 16.9 Å². The van der Waals surface area contributed by atoms with Crippen LogP contribution in [-0.4, -0.2) is 11.1 Å². The van der Waals surface area contributed by atoms with Crippen LogP contribution in [0.5, 0.6) is 5.75 Å². The van der Waals surface area contributed by atoms with Crippen LogP contribution >= 0.6 is 0 Å². The number of urea groups is 1. The average Bonchev–Trinajstić information content (AvgIpc) is 2.43. The van der Waals surface area contributed by atoms with Gasteiger partial charge in [0.25, 0.3) is 0 Å². The van der Waals surface area contributed by atoms with Gasteiger partial charge in [-0.25, -0.2) is 4.79 Å². The van der Waals surface area contributed by atoms with E-state index >= 15 is 0 Å². The van der Waals surface area contributed by atoms with Crippen LogP contribution in [0.3, 0.4) is 0 Å². The van der Waals surface area contributed by atoms with Crippen LogP contribution in [0.2, 0.25) is 0 Å². The minimum atomic E-state index is -0.466. The summed E-state index contributed by atoms with van der Waals surface area (Å²) in [6, 6.07) is 12.2. The number of nitrogens with one attached hydrogen (secondary N) is 2. The van der Waals surface area contributed by atoms with Gasteiger partial charge in [0.15, 0.2) is 0 Å². The molecule has 0 saturated heterocycles. The second-order valence-corrected chi connectivity index (χ2v) is 4.04. The molecule has 0 aliphatic carbocycles. The third kappa shape index (κ3) is 3.17. The maximum Gasteiger partial charge on any atom is 0.323 e. The molecule has 2 aromatic carbocycles. The molecule has 6 heteroatoms. The maximum atomic E-state index is 11.8. The van der Waals surface area contributed by atoms with Crippen LogP contribution in [0, 0.1) is 11.3 Å².